The van der Waals surface area contributed by atoms with Gasteiger partial charge in [-0.25, -0.2) is 0 Å². The summed E-state index contributed by atoms with van der Waals surface area (Å²) in [7, 11) is 0. The highest BCUT2D eigenvalue weighted by Gasteiger charge is 2.11. The number of amides is 1. The third-order valence-corrected chi connectivity index (χ3v) is 3.18. The predicted molar refractivity (Wildman–Crippen MR) is 75.0 cm³/mol. The van der Waals surface area contributed by atoms with Gasteiger partial charge in [0.1, 0.15) is 0 Å². The van der Waals surface area contributed by atoms with Crippen molar-refractivity contribution in [2.24, 2.45) is 0 Å². The molecule has 18 heavy (non-hydrogen) atoms. The summed E-state index contributed by atoms with van der Waals surface area (Å²) >= 11 is 9.33. The minimum atomic E-state index is -0.272. The lowest BCUT2D eigenvalue weighted by Crippen LogP contribution is -2.13. The second kappa shape index (κ2) is 5.54. The van der Waals surface area contributed by atoms with Crippen molar-refractivity contribution in [2.45, 2.75) is 13.5 Å². The lowest BCUT2D eigenvalue weighted by Gasteiger charge is -2.05. The lowest BCUT2D eigenvalue weighted by atomic mass is 10.3. The maximum atomic E-state index is 11.9. The van der Waals surface area contributed by atoms with Gasteiger partial charge in [0.25, 0.3) is 5.91 Å². The average Bonchev–Trinajstić information content (AvgIpc) is 2.81. The van der Waals surface area contributed by atoms with Crippen LogP contribution in [0.15, 0.2) is 34.9 Å². The number of aromatic nitrogens is 2. The number of hydrogen-bond donors (Lipinski definition) is 1. The van der Waals surface area contributed by atoms with Gasteiger partial charge in [-0.2, -0.15) is 5.10 Å². The highest BCUT2D eigenvalue weighted by molar-refractivity contribution is 9.10. The first-order valence-electron chi connectivity index (χ1n) is 5.40. The van der Waals surface area contributed by atoms with Gasteiger partial charge >= 0.3 is 0 Å². The highest BCUT2D eigenvalue weighted by Crippen LogP contribution is 2.25. The third kappa shape index (κ3) is 2.91. The molecule has 1 aromatic carbocycles. The molecule has 1 N–H and O–H groups in total. The van der Waals surface area contributed by atoms with Crippen LogP contribution in [0.25, 0.3) is 0 Å². The van der Waals surface area contributed by atoms with Crippen LogP contribution in [0.3, 0.4) is 0 Å². The van der Waals surface area contributed by atoms with Crippen LogP contribution in [0, 0.1) is 0 Å². The Labute approximate surface area is 118 Å². The van der Waals surface area contributed by atoms with Crippen LogP contribution in [-0.2, 0) is 6.54 Å². The van der Waals surface area contributed by atoms with Crippen molar-refractivity contribution in [2.75, 3.05) is 5.32 Å². The van der Waals surface area contributed by atoms with Gasteiger partial charge < -0.3 is 5.32 Å². The number of carbonyl (C=O) groups excluding carboxylic acids is 1. The fourth-order valence-corrected chi connectivity index (χ4v) is 2.16. The normalized spacial score (nSPS) is 10.4. The first-order chi connectivity index (χ1) is 8.60. The molecular formula is C12H11BrClN3O. The van der Waals surface area contributed by atoms with Crippen LogP contribution >= 0.6 is 27.5 Å². The molecule has 0 fully saturated rings. The molecule has 0 aliphatic carbocycles. The van der Waals surface area contributed by atoms with Crippen LogP contribution in [0.2, 0.25) is 5.02 Å². The number of carbonyl (C=O) groups is 1. The number of anilines is 1. The molecule has 0 atom stereocenters. The van der Waals surface area contributed by atoms with Crippen molar-refractivity contribution < 1.29 is 4.79 Å². The zero-order valence-electron chi connectivity index (χ0n) is 9.65. The molecule has 0 saturated heterocycles. The van der Waals surface area contributed by atoms with E-state index in [2.05, 4.69) is 26.3 Å². The van der Waals surface area contributed by atoms with E-state index in [1.54, 1.807) is 29.1 Å². The molecule has 4 nitrogen and oxygen atoms in total. The molecule has 2 aromatic rings. The van der Waals surface area contributed by atoms with E-state index in [1.807, 2.05) is 13.0 Å². The summed E-state index contributed by atoms with van der Waals surface area (Å²) in [5, 5.41) is 7.33. The minimum absolute atomic E-state index is 0.272. The second-order valence-corrected chi connectivity index (χ2v) is 4.96. The Bertz CT molecular complexity index is 582. The smallest absolute Gasteiger partial charge is 0.276 e. The zero-order chi connectivity index (χ0) is 13.1. The van der Waals surface area contributed by atoms with Gasteiger partial charge in [-0.05, 0) is 31.2 Å². The first-order valence-corrected chi connectivity index (χ1v) is 6.57. The Kier molecular flexibility index (Phi) is 4.04. The van der Waals surface area contributed by atoms with Gasteiger partial charge in [-0.15, -0.1) is 0 Å². The fourth-order valence-electron chi connectivity index (χ4n) is 1.44. The van der Waals surface area contributed by atoms with Gasteiger partial charge in [-0.1, -0.05) is 27.5 Å². The molecule has 0 bridgehead atoms. The van der Waals surface area contributed by atoms with E-state index in [0.717, 1.165) is 11.0 Å². The number of rotatable bonds is 3. The van der Waals surface area contributed by atoms with E-state index in [-0.39, 0.29) is 5.91 Å². The van der Waals surface area contributed by atoms with E-state index in [0.29, 0.717) is 16.4 Å². The Morgan fingerprint density at radius 3 is 2.89 bits per heavy atom. The SMILES string of the molecule is CCn1ccc(C(=O)Nc2ccc(Br)cc2Cl)n1. The molecule has 0 aliphatic heterocycles. The van der Waals surface area contributed by atoms with Crippen molar-refractivity contribution in [3.05, 3.63) is 45.7 Å². The van der Waals surface area contributed by atoms with Crippen LogP contribution in [-0.4, -0.2) is 15.7 Å². The van der Waals surface area contributed by atoms with Gasteiger partial charge in [-0.3, -0.25) is 9.48 Å². The van der Waals surface area contributed by atoms with E-state index in [4.69, 9.17) is 11.6 Å². The Hall–Kier alpha value is -1.33. The number of hydrogen-bond acceptors (Lipinski definition) is 2. The summed E-state index contributed by atoms with van der Waals surface area (Å²) in [6, 6.07) is 6.95. The van der Waals surface area contributed by atoms with E-state index < -0.39 is 0 Å². The second-order valence-electron chi connectivity index (χ2n) is 3.63. The summed E-state index contributed by atoms with van der Waals surface area (Å²) in [6.07, 6.45) is 1.76. The van der Waals surface area contributed by atoms with E-state index in [1.165, 1.54) is 0 Å². The lowest BCUT2D eigenvalue weighted by molar-refractivity contribution is 0.102. The predicted octanol–water partition coefficient (Wildman–Crippen LogP) is 3.57. The monoisotopic (exact) mass is 327 g/mol. The number of nitrogens with zero attached hydrogens (tertiary/aromatic N) is 2. The van der Waals surface area contributed by atoms with Gasteiger partial charge in [0.05, 0.1) is 10.7 Å². The molecule has 0 aliphatic rings. The quantitative estimate of drug-likeness (QED) is 0.936. The van der Waals surface area contributed by atoms with E-state index in [9.17, 15) is 4.79 Å². The van der Waals surface area contributed by atoms with Gasteiger partial charge in [0.15, 0.2) is 5.69 Å². The molecule has 94 valence electrons. The summed E-state index contributed by atoms with van der Waals surface area (Å²) in [5.41, 5.74) is 0.937. The molecular weight excluding hydrogens is 318 g/mol. The topological polar surface area (TPSA) is 46.9 Å². The largest absolute Gasteiger partial charge is 0.319 e. The van der Waals surface area contributed by atoms with Crippen LogP contribution in [0.1, 0.15) is 17.4 Å². The summed E-state index contributed by atoms with van der Waals surface area (Å²) < 4.78 is 2.55. The van der Waals surface area contributed by atoms with Crippen molar-refractivity contribution in [1.82, 2.24) is 9.78 Å². The summed E-state index contributed by atoms with van der Waals surface area (Å²) in [6.45, 7) is 2.69. The van der Waals surface area contributed by atoms with Gasteiger partial charge in [0.2, 0.25) is 0 Å². The fraction of sp³-hybridized carbons (Fsp3) is 0.167. The summed E-state index contributed by atoms with van der Waals surface area (Å²) in [4.78, 5) is 11.9. The molecule has 0 radical (unpaired) electrons. The average molecular weight is 329 g/mol. The highest BCUT2D eigenvalue weighted by atomic mass is 79.9. The Morgan fingerprint density at radius 2 is 2.28 bits per heavy atom. The number of nitrogens with one attached hydrogen (secondary N) is 1. The molecule has 1 heterocycles. The number of aryl methyl sites for hydroxylation is 1. The molecule has 0 spiro atoms. The third-order valence-electron chi connectivity index (χ3n) is 2.38. The maximum Gasteiger partial charge on any atom is 0.276 e. The number of halogens is 2. The Morgan fingerprint density at radius 1 is 1.50 bits per heavy atom. The molecule has 2 rings (SSSR count). The van der Waals surface area contributed by atoms with Crippen LogP contribution in [0.4, 0.5) is 5.69 Å². The number of benzene rings is 1. The van der Waals surface area contributed by atoms with Crippen LogP contribution in [0.5, 0.6) is 0 Å². The zero-order valence-corrected chi connectivity index (χ0v) is 12.0. The minimum Gasteiger partial charge on any atom is -0.319 e. The van der Waals surface area contributed by atoms with Crippen molar-refractivity contribution in [1.29, 1.82) is 0 Å². The molecule has 6 heteroatoms. The van der Waals surface area contributed by atoms with E-state index >= 15 is 0 Å². The van der Waals surface area contributed by atoms with Crippen molar-refractivity contribution in [3.8, 4) is 0 Å². The Balaban J connectivity index is 2.16. The van der Waals surface area contributed by atoms with Crippen LogP contribution < -0.4 is 5.32 Å². The summed E-state index contributed by atoms with van der Waals surface area (Å²) in [5.74, 6) is -0.272. The van der Waals surface area contributed by atoms with Crippen molar-refractivity contribution in [3.63, 3.8) is 0 Å². The first kappa shape index (κ1) is 13.1. The molecule has 1 amide bonds. The standard InChI is InChI=1S/C12H11BrClN3O/c1-2-17-6-5-11(16-17)12(18)15-10-4-3-8(13)7-9(10)14/h3-7H,2H2,1H3,(H,15,18). The molecule has 1 aromatic heterocycles. The maximum absolute atomic E-state index is 11.9. The molecule has 0 saturated carbocycles. The van der Waals surface area contributed by atoms with Crippen molar-refractivity contribution >= 4 is 39.1 Å². The molecule has 0 unspecified atom stereocenters. The van der Waals surface area contributed by atoms with Gasteiger partial charge in [0, 0.05) is 17.2 Å².